The van der Waals surface area contributed by atoms with Gasteiger partial charge in [-0.1, -0.05) is 41.9 Å². The van der Waals surface area contributed by atoms with E-state index in [1.165, 1.54) is 10.2 Å². The van der Waals surface area contributed by atoms with Gasteiger partial charge in [0.1, 0.15) is 5.02 Å². The minimum atomic E-state index is -0.285. The van der Waals surface area contributed by atoms with Crippen LogP contribution in [-0.2, 0) is 13.5 Å². The summed E-state index contributed by atoms with van der Waals surface area (Å²) in [6, 6.07) is 10.5. The van der Waals surface area contributed by atoms with Crippen molar-refractivity contribution in [2.45, 2.75) is 25.8 Å². The largest absolute Gasteiger partial charge is 0.380 e. The van der Waals surface area contributed by atoms with Crippen molar-refractivity contribution in [1.82, 2.24) is 9.78 Å². The van der Waals surface area contributed by atoms with Crippen LogP contribution in [0, 0.1) is 0 Å². The molecule has 2 rings (SSSR count). The number of anilines is 1. The molecule has 0 aliphatic carbocycles. The van der Waals surface area contributed by atoms with Crippen molar-refractivity contribution in [3.8, 4) is 0 Å². The van der Waals surface area contributed by atoms with E-state index >= 15 is 0 Å². The van der Waals surface area contributed by atoms with Gasteiger partial charge < -0.3 is 5.32 Å². The number of nitrogens with one attached hydrogen (secondary N) is 1. The highest BCUT2D eigenvalue weighted by Gasteiger charge is 2.10. The van der Waals surface area contributed by atoms with E-state index in [1.807, 2.05) is 18.2 Å². The Balaban J connectivity index is 1.97. The van der Waals surface area contributed by atoms with Crippen LogP contribution in [0.5, 0.6) is 0 Å². The molecule has 4 nitrogen and oxygen atoms in total. The SMILES string of the molecule is CC(CCc1ccccc1)Nc1cnn(C)c(=O)c1Cl. The molecule has 106 valence electrons. The molecule has 0 saturated heterocycles. The number of rotatable bonds is 5. The molecule has 0 saturated carbocycles. The van der Waals surface area contributed by atoms with E-state index in [0.717, 1.165) is 12.8 Å². The van der Waals surface area contributed by atoms with Crippen LogP contribution < -0.4 is 10.9 Å². The Bertz CT molecular complexity index is 625. The maximum absolute atomic E-state index is 11.7. The second-order valence-electron chi connectivity index (χ2n) is 4.87. The summed E-state index contributed by atoms with van der Waals surface area (Å²) in [4.78, 5) is 11.7. The van der Waals surface area contributed by atoms with Crippen LogP contribution in [0.15, 0.2) is 41.3 Å². The number of nitrogens with zero attached hydrogens (tertiary/aromatic N) is 2. The molecule has 1 unspecified atom stereocenters. The zero-order valence-corrected chi connectivity index (χ0v) is 12.4. The molecule has 0 aliphatic rings. The van der Waals surface area contributed by atoms with Gasteiger partial charge in [0.2, 0.25) is 0 Å². The molecule has 0 aliphatic heterocycles. The molecular formula is C15H18ClN3O. The summed E-state index contributed by atoms with van der Waals surface area (Å²) in [5.74, 6) is 0. The summed E-state index contributed by atoms with van der Waals surface area (Å²) in [6.45, 7) is 2.07. The topological polar surface area (TPSA) is 46.9 Å². The fourth-order valence-corrected chi connectivity index (χ4v) is 2.20. The van der Waals surface area contributed by atoms with Crippen molar-refractivity contribution in [3.05, 3.63) is 57.5 Å². The Hall–Kier alpha value is -1.81. The Morgan fingerprint density at radius 2 is 2.05 bits per heavy atom. The van der Waals surface area contributed by atoms with E-state index in [1.54, 1.807) is 13.2 Å². The number of hydrogen-bond acceptors (Lipinski definition) is 3. The van der Waals surface area contributed by atoms with Gasteiger partial charge in [0, 0.05) is 13.1 Å². The van der Waals surface area contributed by atoms with E-state index in [-0.39, 0.29) is 16.6 Å². The lowest BCUT2D eigenvalue weighted by atomic mass is 10.1. The van der Waals surface area contributed by atoms with E-state index in [0.29, 0.717) is 5.69 Å². The third kappa shape index (κ3) is 3.61. The maximum atomic E-state index is 11.7. The fourth-order valence-electron chi connectivity index (χ4n) is 1.98. The zero-order valence-electron chi connectivity index (χ0n) is 11.6. The first kappa shape index (κ1) is 14.6. The minimum Gasteiger partial charge on any atom is -0.380 e. The molecule has 5 heteroatoms. The first-order valence-corrected chi connectivity index (χ1v) is 6.98. The first-order valence-electron chi connectivity index (χ1n) is 6.60. The first-order chi connectivity index (χ1) is 9.58. The number of benzene rings is 1. The minimum absolute atomic E-state index is 0.189. The fraction of sp³-hybridized carbons (Fsp3) is 0.333. The lowest BCUT2D eigenvalue weighted by molar-refractivity contribution is 0.689. The quantitative estimate of drug-likeness (QED) is 0.921. The standard InChI is InChI=1S/C15H18ClN3O/c1-11(8-9-12-6-4-3-5-7-12)18-13-10-17-19(2)15(20)14(13)16/h3-7,10-11,18H,8-9H2,1-2H3. The molecular weight excluding hydrogens is 274 g/mol. The molecule has 1 atom stereocenters. The van der Waals surface area contributed by atoms with Crippen LogP contribution in [0.25, 0.3) is 0 Å². The summed E-state index contributed by atoms with van der Waals surface area (Å²) < 4.78 is 1.22. The average Bonchev–Trinajstić information content (AvgIpc) is 2.47. The number of hydrogen-bond donors (Lipinski definition) is 1. The summed E-state index contributed by atoms with van der Waals surface area (Å²) in [7, 11) is 1.58. The van der Waals surface area contributed by atoms with E-state index < -0.39 is 0 Å². The van der Waals surface area contributed by atoms with Gasteiger partial charge in [-0.3, -0.25) is 4.79 Å². The molecule has 1 aromatic heterocycles. The molecule has 0 spiro atoms. The van der Waals surface area contributed by atoms with Gasteiger partial charge in [-0.15, -0.1) is 0 Å². The number of aromatic nitrogens is 2. The number of aryl methyl sites for hydroxylation is 2. The lowest BCUT2D eigenvalue weighted by Gasteiger charge is -2.16. The normalized spacial score (nSPS) is 12.2. The predicted octanol–water partition coefficient (Wildman–Crippen LogP) is 2.87. The Kier molecular flexibility index (Phi) is 4.79. The van der Waals surface area contributed by atoms with Crippen molar-refractivity contribution in [2.75, 3.05) is 5.32 Å². The zero-order chi connectivity index (χ0) is 14.5. The van der Waals surface area contributed by atoms with Crippen molar-refractivity contribution in [2.24, 2.45) is 7.05 Å². The van der Waals surface area contributed by atoms with Gasteiger partial charge >= 0.3 is 0 Å². The third-order valence-electron chi connectivity index (χ3n) is 3.19. The van der Waals surface area contributed by atoms with Crippen LogP contribution >= 0.6 is 11.6 Å². The van der Waals surface area contributed by atoms with Crippen molar-refractivity contribution in [3.63, 3.8) is 0 Å². The molecule has 0 amide bonds. The monoisotopic (exact) mass is 291 g/mol. The van der Waals surface area contributed by atoms with Crippen LogP contribution in [-0.4, -0.2) is 15.8 Å². The molecule has 1 heterocycles. The third-order valence-corrected chi connectivity index (χ3v) is 3.55. The summed E-state index contributed by atoms with van der Waals surface area (Å²) in [6.07, 6.45) is 3.52. The second kappa shape index (κ2) is 6.57. The van der Waals surface area contributed by atoms with Gasteiger partial charge in [0.25, 0.3) is 5.56 Å². The molecule has 0 radical (unpaired) electrons. The average molecular weight is 292 g/mol. The maximum Gasteiger partial charge on any atom is 0.287 e. The molecule has 1 N–H and O–H groups in total. The van der Waals surface area contributed by atoms with Crippen molar-refractivity contribution >= 4 is 17.3 Å². The van der Waals surface area contributed by atoms with Gasteiger partial charge in [0.15, 0.2) is 0 Å². The number of halogens is 1. The van der Waals surface area contributed by atoms with Gasteiger partial charge in [0.05, 0.1) is 11.9 Å². The second-order valence-corrected chi connectivity index (χ2v) is 5.25. The Labute approximate surface area is 123 Å². The summed E-state index contributed by atoms with van der Waals surface area (Å²) in [5.41, 5.74) is 1.61. The highest BCUT2D eigenvalue weighted by Crippen LogP contribution is 2.17. The van der Waals surface area contributed by atoms with Crippen LogP contribution in [0.3, 0.4) is 0 Å². The smallest absolute Gasteiger partial charge is 0.287 e. The summed E-state index contributed by atoms with van der Waals surface area (Å²) in [5, 5.41) is 7.40. The van der Waals surface area contributed by atoms with Crippen LogP contribution in [0.1, 0.15) is 18.9 Å². The summed E-state index contributed by atoms with van der Waals surface area (Å²) >= 11 is 6.02. The molecule has 0 fully saturated rings. The lowest BCUT2D eigenvalue weighted by Crippen LogP contribution is -2.23. The highest BCUT2D eigenvalue weighted by molar-refractivity contribution is 6.32. The Morgan fingerprint density at radius 3 is 2.75 bits per heavy atom. The molecule has 2 aromatic rings. The molecule has 20 heavy (non-hydrogen) atoms. The van der Waals surface area contributed by atoms with Gasteiger partial charge in [-0.25, -0.2) is 4.68 Å². The predicted molar refractivity (Wildman–Crippen MR) is 82.3 cm³/mol. The van der Waals surface area contributed by atoms with Crippen LogP contribution in [0.4, 0.5) is 5.69 Å². The molecule has 1 aromatic carbocycles. The van der Waals surface area contributed by atoms with E-state index in [9.17, 15) is 4.79 Å². The Morgan fingerprint density at radius 1 is 1.35 bits per heavy atom. The van der Waals surface area contributed by atoms with E-state index in [2.05, 4.69) is 29.5 Å². The van der Waals surface area contributed by atoms with Gasteiger partial charge in [-0.2, -0.15) is 5.10 Å². The molecule has 0 bridgehead atoms. The van der Waals surface area contributed by atoms with Crippen molar-refractivity contribution in [1.29, 1.82) is 0 Å². The highest BCUT2D eigenvalue weighted by atomic mass is 35.5. The van der Waals surface area contributed by atoms with Gasteiger partial charge in [-0.05, 0) is 25.3 Å². The van der Waals surface area contributed by atoms with Crippen LogP contribution in [0.2, 0.25) is 5.02 Å². The van der Waals surface area contributed by atoms with Crippen molar-refractivity contribution < 1.29 is 0 Å². The van der Waals surface area contributed by atoms with E-state index in [4.69, 9.17) is 11.6 Å².